The van der Waals surface area contributed by atoms with Crippen LogP contribution in [0.25, 0.3) is 10.8 Å². The number of carbonyl (C=O) groups excluding carboxylic acids is 2. The Labute approximate surface area is 182 Å². The lowest BCUT2D eigenvalue weighted by Gasteiger charge is -2.08. The topological polar surface area (TPSA) is 114 Å². The van der Waals surface area contributed by atoms with Crippen molar-refractivity contribution in [3.05, 3.63) is 56.3 Å². The highest BCUT2D eigenvalue weighted by Crippen LogP contribution is 2.36. The van der Waals surface area contributed by atoms with E-state index in [0.717, 1.165) is 47.2 Å². The minimum Gasteiger partial charge on any atom is -0.451 e. The number of aromatic nitrogens is 2. The fourth-order valence-electron chi connectivity index (χ4n) is 3.76. The summed E-state index contributed by atoms with van der Waals surface area (Å²) in [5, 5.41) is 17.5. The molecule has 4 rings (SSSR count). The minimum absolute atomic E-state index is 0.0361. The molecule has 31 heavy (non-hydrogen) atoms. The minimum atomic E-state index is -0.801. The number of amides is 1. The maximum absolute atomic E-state index is 12.6. The predicted octanol–water partition coefficient (Wildman–Crippen LogP) is 2.93. The number of esters is 1. The molecular formula is C22H20N4O4S. The van der Waals surface area contributed by atoms with Gasteiger partial charge in [0, 0.05) is 17.3 Å². The quantitative estimate of drug-likeness (QED) is 0.497. The van der Waals surface area contributed by atoms with Crippen molar-refractivity contribution >= 4 is 39.0 Å². The van der Waals surface area contributed by atoms with Crippen LogP contribution in [0.15, 0.2) is 29.1 Å². The van der Waals surface area contributed by atoms with E-state index in [2.05, 4.69) is 16.5 Å². The summed E-state index contributed by atoms with van der Waals surface area (Å²) in [5.74, 6) is -1.33. The molecule has 0 radical (unpaired) electrons. The van der Waals surface area contributed by atoms with Crippen LogP contribution in [0.3, 0.4) is 0 Å². The van der Waals surface area contributed by atoms with Crippen LogP contribution in [0.2, 0.25) is 0 Å². The van der Waals surface area contributed by atoms with E-state index in [1.165, 1.54) is 18.4 Å². The summed E-state index contributed by atoms with van der Waals surface area (Å²) in [6, 6.07) is 8.81. The van der Waals surface area contributed by atoms with Gasteiger partial charge in [0.05, 0.1) is 10.9 Å². The van der Waals surface area contributed by atoms with Gasteiger partial charge in [-0.2, -0.15) is 10.4 Å². The maximum atomic E-state index is 12.6. The van der Waals surface area contributed by atoms with Gasteiger partial charge in [0.25, 0.3) is 11.5 Å². The lowest BCUT2D eigenvalue weighted by molar-refractivity contribution is -0.119. The molecular weight excluding hydrogens is 416 g/mol. The molecule has 1 aliphatic rings. The van der Waals surface area contributed by atoms with E-state index < -0.39 is 18.5 Å². The third-order valence-electron chi connectivity index (χ3n) is 5.27. The summed E-state index contributed by atoms with van der Waals surface area (Å²) in [6.07, 6.45) is 4.99. The van der Waals surface area contributed by atoms with Crippen LogP contribution in [0, 0.1) is 11.3 Å². The van der Waals surface area contributed by atoms with Gasteiger partial charge >= 0.3 is 5.97 Å². The van der Waals surface area contributed by atoms with Crippen molar-refractivity contribution in [2.24, 2.45) is 7.05 Å². The van der Waals surface area contributed by atoms with Crippen LogP contribution in [0.4, 0.5) is 5.00 Å². The highest BCUT2D eigenvalue weighted by molar-refractivity contribution is 7.16. The number of hydrogen-bond donors (Lipinski definition) is 1. The number of aryl methyl sites for hydroxylation is 2. The number of nitriles is 1. The van der Waals surface area contributed by atoms with Crippen molar-refractivity contribution in [1.29, 1.82) is 5.26 Å². The second-order valence-electron chi connectivity index (χ2n) is 7.33. The van der Waals surface area contributed by atoms with Crippen molar-refractivity contribution in [3.63, 3.8) is 0 Å². The predicted molar refractivity (Wildman–Crippen MR) is 116 cm³/mol. The molecule has 0 bridgehead atoms. The molecule has 1 N–H and O–H groups in total. The smallest absolute Gasteiger partial charge is 0.359 e. The van der Waals surface area contributed by atoms with Crippen LogP contribution < -0.4 is 10.9 Å². The number of rotatable bonds is 4. The fourth-order valence-corrected chi connectivity index (χ4v) is 5.02. The molecule has 3 aromatic rings. The molecule has 0 spiro atoms. The third kappa shape index (κ3) is 4.07. The second-order valence-corrected chi connectivity index (χ2v) is 8.43. The van der Waals surface area contributed by atoms with E-state index in [-0.39, 0.29) is 11.3 Å². The Morgan fingerprint density at radius 2 is 1.97 bits per heavy atom. The Hall–Kier alpha value is -3.51. The normalized spacial score (nSPS) is 13.2. The number of carbonyl (C=O) groups is 2. The van der Waals surface area contributed by atoms with Crippen molar-refractivity contribution in [2.45, 2.75) is 32.1 Å². The monoisotopic (exact) mass is 436 g/mol. The summed E-state index contributed by atoms with van der Waals surface area (Å²) in [6.45, 7) is -0.523. The molecule has 8 nitrogen and oxygen atoms in total. The van der Waals surface area contributed by atoms with Gasteiger partial charge in [-0.05, 0) is 37.3 Å². The first kappa shape index (κ1) is 20.8. The molecule has 0 aliphatic heterocycles. The molecule has 1 aromatic carbocycles. The van der Waals surface area contributed by atoms with E-state index in [4.69, 9.17) is 4.74 Å². The number of thiophene rings is 1. The number of ether oxygens (including phenoxy) is 1. The summed E-state index contributed by atoms with van der Waals surface area (Å²) < 4.78 is 6.22. The molecule has 1 aliphatic carbocycles. The van der Waals surface area contributed by atoms with Gasteiger partial charge in [-0.15, -0.1) is 11.3 Å². The zero-order chi connectivity index (χ0) is 22.0. The average molecular weight is 436 g/mol. The van der Waals surface area contributed by atoms with Crippen LogP contribution in [0.5, 0.6) is 0 Å². The molecule has 0 fully saturated rings. The van der Waals surface area contributed by atoms with Crippen LogP contribution in [-0.4, -0.2) is 28.3 Å². The van der Waals surface area contributed by atoms with E-state index in [1.54, 1.807) is 24.3 Å². The SMILES string of the molecule is Cn1nc(C(=O)OCC(=O)Nc2sc3c(c2C#N)CCCCC3)c2ccccc2c1=O. The number of anilines is 1. The van der Waals surface area contributed by atoms with Gasteiger partial charge in [-0.25, -0.2) is 9.48 Å². The van der Waals surface area contributed by atoms with Crippen LogP contribution in [0.1, 0.15) is 45.8 Å². The summed E-state index contributed by atoms with van der Waals surface area (Å²) in [4.78, 5) is 38.3. The Bertz CT molecular complexity index is 1290. The highest BCUT2D eigenvalue weighted by atomic mass is 32.1. The number of hydrogen-bond acceptors (Lipinski definition) is 7. The first-order valence-electron chi connectivity index (χ1n) is 9.97. The standard InChI is InChI=1S/C22H20N4O4S/c1-26-21(28)15-9-6-5-8-14(15)19(25-26)22(29)30-12-18(27)24-20-16(11-23)13-7-3-2-4-10-17(13)31-20/h5-6,8-9H,2-4,7,10,12H2,1H3,(H,24,27). The summed E-state index contributed by atoms with van der Waals surface area (Å²) >= 11 is 1.42. The lowest BCUT2D eigenvalue weighted by atomic mass is 10.1. The Morgan fingerprint density at radius 1 is 1.23 bits per heavy atom. The lowest BCUT2D eigenvalue weighted by Crippen LogP contribution is -2.26. The Balaban J connectivity index is 1.49. The van der Waals surface area contributed by atoms with Crippen molar-refractivity contribution in [2.75, 3.05) is 11.9 Å². The van der Waals surface area contributed by atoms with Gasteiger partial charge in [0.2, 0.25) is 0 Å². The van der Waals surface area contributed by atoms with Gasteiger partial charge in [0.1, 0.15) is 11.1 Å². The fraction of sp³-hybridized carbons (Fsp3) is 0.318. The van der Waals surface area contributed by atoms with E-state index in [1.807, 2.05) is 0 Å². The van der Waals surface area contributed by atoms with Crippen molar-refractivity contribution in [1.82, 2.24) is 9.78 Å². The van der Waals surface area contributed by atoms with Crippen molar-refractivity contribution in [3.8, 4) is 6.07 Å². The Morgan fingerprint density at radius 3 is 2.74 bits per heavy atom. The molecule has 158 valence electrons. The van der Waals surface area contributed by atoms with Crippen molar-refractivity contribution < 1.29 is 14.3 Å². The molecule has 0 saturated carbocycles. The first-order valence-corrected chi connectivity index (χ1v) is 10.8. The van der Waals surface area contributed by atoms with Gasteiger partial charge in [-0.3, -0.25) is 9.59 Å². The third-order valence-corrected chi connectivity index (χ3v) is 6.48. The van der Waals surface area contributed by atoms with E-state index in [9.17, 15) is 19.6 Å². The van der Waals surface area contributed by atoms with Gasteiger partial charge in [-0.1, -0.05) is 24.6 Å². The molecule has 0 unspecified atom stereocenters. The molecule has 2 aromatic heterocycles. The Kier molecular flexibility index (Phi) is 5.82. The molecule has 1 amide bonds. The summed E-state index contributed by atoms with van der Waals surface area (Å²) in [7, 11) is 1.45. The number of fused-ring (bicyclic) bond motifs is 2. The van der Waals surface area contributed by atoms with E-state index in [0.29, 0.717) is 21.3 Å². The highest BCUT2D eigenvalue weighted by Gasteiger charge is 2.22. The molecule has 2 heterocycles. The zero-order valence-electron chi connectivity index (χ0n) is 16.9. The largest absolute Gasteiger partial charge is 0.451 e. The number of nitrogens with zero attached hydrogens (tertiary/aromatic N) is 3. The maximum Gasteiger partial charge on any atom is 0.359 e. The van der Waals surface area contributed by atoms with Crippen LogP contribution >= 0.6 is 11.3 Å². The number of nitrogens with one attached hydrogen (secondary N) is 1. The summed E-state index contributed by atoms with van der Waals surface area (Å²) in [5.41, 5.74) is 1.17. The number of benzene rings is 1. The average Bonchev–Trinajstić information content (AvgIpc) is 2.93. The van der Waals surface area contributed by atoms with Gasteiger partial charge in [0.15, 0.2) is 12.3 Å². The van der Waals surface area contributed by atoms with Gasteiger partial charge < -0.3 is 10.1 Å². The zero-order valence-corrected chi connectivity index (χ0v) is 17.8. The molecule has 0 saturated heterocycles. The first-order chi connectivity index (χ1) is 15.0. The molecule has 0 atom stereocenters. The van der Waals surface area contributed by atoms with Crippen LogP contribution in [-0.2, 0) is 29.4 Å². The van der Waals surface area contributed by atoms with E-state index >= 15 is 0 Å². The second kappa shape index (κ2) is 8.70. The molecule has 9 heteroatoms.